The van der Waals surface area contributed by atoms with Crippen LogP contribution in [0.2, 0.25) is 0 Å². The molecule has 1 aromatic heterocycles. The molecule has 3 atom stereocenters. The third-order valence-corrected chi connectivity index (χ3v) is 3.33. The maximum absolute atomic E-state index is 12.4. The van der Waals surface area contributed by atoms with Crippen LogP contribution in [0.25, 0.3) is 0 Å². The number of aliphatic carboxylic acids is 3. The van der Waals surface area contributed by atoms with Crippen LogP contribution in [0.15, 0.2) is 12.5 Å². The van der Waals surface area contributed by atoms with E-state index in [1.54, 1.807) is 0 Å². The second kappa shape index (κ2) is 9.86. The fourth-order valence-electron chi connectivity index (χ4n) is 2.03. The molecule has 0 fully saturated rings. The first-order valence-corrected chi connectivity index (χ1v) is 7.60. The first-order valence-electron chi connectivity index (χ1n) is 7.60. The number of hydrogen-bond donors (Lipinski definition) is 7. The molecule has 2 amide bonds. The van der Waals surface area contributed by atoms with Crippen LogP contribution in [-0.4, -0.2) is 73.1 Å². The predicted octanol–water partition coefficient (Wildman–Crippen LogP) is -2.72. The molecule has 0 aliphatic carbocycles. The minimum absolute atomic E-state index is 0.166. The van der Waals surface area contributed by atoms with Gasteiger partial charge in [-0.2, -0.15) is 0 Å². The van der Waals surface area contributed by atoms with Gasteiger partial charge in [0.25, 0.3) is 0 Å². The summed E-state index contributed by atoms with van der Waals surface area (Å²) < 4.78 is 0. The highest BCUT2D eigenvalue weighted by Crippen LogP contribution is 2.02. The molecule has 0 saturated heterocycles. The van der Waals surface area contributed by atoms with Gasteiger partial charge in [-0.3, -0.25) is 19.2 Å². The van der Waals surface area contributed by atoms with E-state index >= 15 is 0 Å². The lowest BCUT2D eigenvalue weighted by Crippen LogP contribution is -2.55. The number of carbonyl (C=O) groups excluding carboxylic acids is 2. The quantitative estimate of drug-likeness (QED) is 0.208. The molecule has 0 spiro atoms. The smallest absolute Gasteiger partial charge is 0.326 e. The van der Waals surface area contributed by atoms with Crippen molar-refractivity contribution in [1.82, 2.24) is 20.6 Å². The maximum atomic E-state index is 12.4. The van der Waals surface area contributed by atoms with Gasteiger partial charge in [0.1, 0.15) is 12.1 Å². The molecule has 13 heteroatoms. The monoisotopic (exact) mass is 385 g/mol. The molecule has 0 aliphatic rings. The van der Waals surface area contributed by atoms with Gasteiger partial charge in [-0.05, 0) is 0 Å². The van der Waals surface area contributed by atoms with Crippen molar-refractivity contribution in [3.05, 3.63) is 18.2 Å². The summed E-state index contributed by atoms with van der Waals surface area (Å²) in [5.41, 5.74) is 5.78. The molecule has 0 aromatic carbocycles. The molecule has 27 heavy (non-hydrogen) atoms. The van der Waals surface area contributed by atoms with Gasteiger partial charge >= 0.3 is 17.9 Å². The van der Waals surface area contributed by atoms with Crippen molar-refractivity contribution in [2.24, 2.45) is 5.73 Å². The summed E-state index contributed by atoms with van der Waals surface area (Å²) >= 11 is 0. The lowest BCUT2D eigenvalue weighted by molar-refractivity contribution is -0.147. The van der Waals surface area contributed by atoms with Gasteiger partial charge in [0.2, 0.25) is 11.8 Å². The molecule has 0 aliphatic heterocycles. The average molecular weight is 385 g/mol. The molecule has 0 saturated carbocycles. The Labute approximate surface area is 152 Å². The fraction of sp³-hybridized carbons (Fsp3) is 0.429. The normalized spacial score (nSPS) is 13.8. The maximum Gasteiger partial charge on any atom is 0.326 e. The van der Waals surface area contributed by atoms with Crippen molar-refractivity contribution >= 4 is 29.7 Å². The molecule has 0 radical (unpaired) electrons. The number of nitrogens with one attached hydrogen (secondary N) is 3. The topological polar surface area (TPSA) is 225 Å². The number of carboxylic acids is 3. The second-order valence-electron chi connectivity index (χ2n) is 5.53. The van der Waals surface area contributed by atoms with Gasteiger partial charge in [-0.25, -0.2) is 9.78 Å². The minimum atomic E-state index is -1.72. The van der Waals surface area contributed by atoms with Gasteiger partial charge < -0.3 is 36.7 Å². The number of H-pyrrole nitrogens is 1. The molecular formula is C14H19N5O8. The van der Waals surface area contributed by atoms with Gasteiger partial charge in [0, 0.05) is 12.6 Å². The first kappa shape index (κ1) is 21.6. The highest BCUT2D eigenvalue weighted by molar-refractivity contribution is 5.93. The highest BCUT2D eigenvalue weighted by atomic mass is 16.4. The predicted molar refractivity (Wildman–Crippen MR) is 86.3 cm³/mol. The molecule has 1 heterocycles. The molecule has 0 bridgehead atoms. The van der Waals surface area contributed by atoms with E-state index in [-0.39, 0.29) is 6.42 Å². The van der Waals surface area contributed by atoms with Crippen molar-refractivity contribution in [2.75, 3.05) is 0 Å². The number of hydrogen-bond acceptors (Lipinski definition) is 7. The lowest BCUT2D eigenvalue weighted by atomic mass is 10.1. The Bertz CT molecular complexity index is 704. The summed E-state index contributed by atoms with van der Waals surface area (Å²) in [6.07, 6.45) is 1.02. The Morgan fingerprint density at radius 3 is 2.07 bits per heavy atom. The van der Waals surface area contributed by atoms with E-state index in [4.69, 9.17) is 21.1 Å². The van der Waals surface area contributed by atoms with Crippen LogP contribution in [0.3, 0.4) is 0 Å². The molecule has 1 rings (SSSR count). The Kier molecular flexibility index (Phi) is 7.88. The first-order chi connectivity index (χ1) is 12.6. The van der Waals surface area contributed by atoms with E-state index in [1.165, 1.54) is 12.5 Å². The molecule has 1 aromatic rings. The number of amides is 2. The largest absolute Gasteiger partial charge is 0.481 e. The summed E-state index contributed by atoms with van der Waals surface area (Å²) in [5, 5.41) is 30.6. The summed E-state index contributed by atoms with van der Waals surface area (Å²) in [6.45, 7) is 0. The summed E-state index contributed by atoms with van der Waals surface area (Å²) in [5.74, 6) is -6.27. The van der Waals surface area contributed by atoms with Gasteiger partial charge in [0.15, 0.2) is 0 Å². The third-order valence-electron chi connectivity index (χ3n) is 3.33. The number of carboxylic acid groups (broad SMARTS) is 3. The van der Waals surface area contributed by atoms with Crippen molar-refractivity contribution < 1.29 is 39.3 Å². The Morgan fingerprint density at radius 1 is 1.00 bits per heavy atom. The lowest BCUT2D eigenvalue weighted by Gasteiger charge is -2.21. The zero-order valence-corrected chi connectivity index (χ0v) is 13.9. The number of aromatic nitrogens is 2. The van der Waals surface area contributed by atoms with E-state index in [9.17, 15) is 24.0 Å². The van der Waals surface area contributed by atoms with Crippen molar-refractivity contribution in [3.8, 4) is 0 Å². The van der Waals surface area contributed by atoms with Crippen molar-refractivity contribution in [1.29, 1.82) is 0 Å². The van der Waals surface area contributed by atoms with E-state index in [1.807, 2.05) is 5.32 Å². The minimum Gasteiger partial charge on any atom is -0.481 e. The molecule has 13 nitrogen and oxygen atoms in total. The number of nitrogens with zero attached hydrogens (tertiary/aromatic N) is 1. The molecular weight excluding hydrogens is 366 g/mol. The number of rotatable bonds is 11. The summed E-state index contributed by atoms with van der Waals surface area (Å²) in [7, 11) is 0. The van der Waals surface area contributed by atoms with Crippen LogP contribution >= 0.6 is 0 Å². The van der Waals surface area contributed by atoms with Gasteiger partial charge in [-0.15, -0.1) is 0 Å². The van der Waals surface area contributed by atoms with Crippen molar-refractivity contribution in [3.63, 3.8) is 0 Å². The van der Waals surface area contributed by atoms with Gasteiger partial charge in [-0.1, -0.05) is 0 Å². The van der Waals surface area contributed by atoms with E-state index in [0.717, 1.165) is 0 Å². The van der Waals surface area contributed by atoms with Gasteiger partial charge in [0.05, 0.1) is 30.9 Å². The van der Waals surface area contributed by atoms with E-state index in [2.05, 4.69) is 15.3 Å². The van der Waals surface area contributed by atoms with E-state index in [0.29, 0.717) is 5.69 Å². The third kappa shape index (κ3) is 7.52. The standard InChI is InChI=1S/C14H19N5O8/c15-7(2-10(20)21)12(24)18-8(1-6-4-16-5-17-6)13(25)19-9(14(26)27)3-11(22)23/h4-5,7-9H,1-3,15H2,(H,16,17)(H,18,24)(H,19,25)(H,20,21)(H,22,23)(H,26,27)/t7-,8-,9-/m0/s1. The number of nitrogens with two attached hydrogens (primary N) is 1. The van der Waals surface area contributed by atoms with E-state index < -0.39 is 60.7 Å². The number of aromatic amines is 1. The Hall–Kier alpha value is -3.48. The second-order valence-corrected chi connectivity index (χ2v) is 5.53. The van der Waals surface area contributed by atoms with Crippen LogP contribution in [0, 0.1) is 0 Å². The Balaban J connectivity index is 2.90. The van der Waals surface area contributed by atoms with Crippen LogP contribution in [0.5, 0.6) is 0 Å². The zero-order valence-electron chi connectivity index (χ0n) is 13.9. The highest BCUT2D eigenvalue weighted by Gasteiger charge is 2.30. The van der Waals surface area contributed by atoms with Crippen LogP contribution in [0.1, 0.15) is 18.5 Å². The van der Waals surface area contributed by atoms with Crippen molar-refractivity contribution in [2.45, 2.75) is 37.4 Å². The summed E-state index contributed by atoms with van der Waals surface area (Å²) in [4.78, 5) is 63.3. The summed E-state index contributed by atoms with van der Waals surface area (Å²) in [6, 6.07) is -4.51. The number of imidazole rings is 1. The fourth-order valence-corrected chi connectivity index (χ4v) is 2.03. The Morgan fingerprint density at radius 2 is 1.59 bits per heavy atom. The van der Waals surface area contributed by atoms with Crippen LogP contribution in [0.4, 0.5) is 0 Å². The SMILES string of the molecule is N[C@@H](CC(=O)O)C(=O)N[C@@H](Cc1c[nH]cn1)C(=O)N[C@@H](CC(=O)O)C(=O)O. The van der Waals surface area contributed by atoms with Crippen LogP contribution < -0.4 is 16.4 Å². The molecule has 0 unspecified atom stereocenters. The van der Waals surface area contributed by atoms with Crippen LogP contribution in [-0.2, 0) is 30.4 Å². The average Bonchev–Trinajstić information content (AvgIpc) is 3.05. The zero-order chi connectivity index (χ0) is 20.6. The molecule has 148 valence electrons. The molecule has 8 N–H and O–H groups in total. The number of carbonyl (C=O) groups is 5.